The second-order valence-corrected chi connectivity index (χ2v) is 6.66. The van der Waals surface area contributed by atoms with Crippen LogP contribution in [0.15, 0.2) is 42.7 Å². The Labute approximate surface area is 143 Å². The molecule has 1 atom stereocenters. The van der Waals surface area contributed by atoms with Crippen LogP contribution in [0.25, 0.3) is 0 Å². The Hall–Kier alpha value is -1.44. The first-order chi connectivity index (χ1) is 11.3. The van der Waals surface area contributed by atoms with Gasteiger partial charge in [-0.2, -0.15) is 0 Å². The summed E-state index contributed by atoms with van der Waals surface area (Å²) in [6.07, 6.45) is 15.9. The number of hydrogen-bond donors (Lipinski definition) is 0. The van der Waals surface area contributed by atoms with E-state index in [1.54, 1.807) is 0 Å². The molecule has 0 bridgehead atoms. The highest BCUT2D eigenvalue weighted by Crippen LogP contribution is 2.21. The Morgan fingerprint density at radius 2 is 1.43 bits per heavy atom. The molecule has 0 saturated carbocycles. The number of unbranched alkanes of at least 4 members (excludes halogenated alkanes) is 6. The Kier molecular flexibility index (Phi) is 8.06. The smallest absolute Gasteiger partial charge is 0.105 e. The number of rotatable bonds is 11. The molecule has 0 radical (unpaired) electrons. The molecule has 2 heteroatoms. The summed E-state index contributed by atoms with van der Waals surface area (Å²) in [4.78, 5) is 5.01. The van der Waals surface area contributed by atoms with Gasteiger partial charge in [-0.3, -0.25) is 0 Å². The van der Waals surface area contributed by atoms with E-state index in [0.717, 1.165) is 13.0 Å². The van der Waals surface area contributed by atoms with Crippen molar-refractivity contribution in [1.29, 1.82) is 0 Å². The molecule has 1 heterocycles. The zero-order chi connectivity index (χ0) is 16.3. The molecular weight excluding hydrogens is 280 g/mol. The number of hydrogen-bond acceptors (Lipinski definition) is 2. The van der Waals surface area contributed by atoms with E-state index in [0.29, 0.717) is 6.17 Å². The monoisotopic (exact) mass is 314 g/mol. The topological polar surface area (TPSA) is 6.48 Å². The third kappa shape index (κ3) is 5.93. The van der Waals surface area contributed by atoms with Gasteiger partial charge in [0.15, 0.2) is 0 Å². The summed E-state index contributed by atoms with van der Waals surface area (Å²) in [7, 11) is 0. The maximum Gasteiger partial charge on any atom is 0.105 e. The lowest BCUT2D eigenvalue weighted by Gasteiger charge is -2.32. The summed E-state index contributed by atoms with van der Waals surface area (Å²) in [5.74, 6) is 0. The second kappa shape index (κ2) is 10.4. The van der Waals surface area contributed by atoms with E-state index in [4.69, 9.17) is 0 Å². The first-order valence-electron chi connectivity index (χ1n) is 9.59. The summed E-state index contributed by atoms with van der Waals surface area (Å²) in [5.41, 5.74) is 1.43. The minimum atomic E-state index is 0.502. The van der Waals surface area contributed by atoms with Gasteiger partial charge < -0.3 is 9.80 Å². The fourth-order valence-corrected chi connectivity index (χ4v) is 3.41. The summed E-state index contributed by atoms with van der Waals surface area (Å²) >= 11 is 0. The van der Waals surface area contributed by atoms with Gasteiger partial charge in [0.05, 0.1) is 0 Å². The largest absolute Gasteiger partial charge is 0.356 e. The molecule has 1 aromatic carbocycles. The van der Waals surface area contributed by atoms with Crippen molar-refractivity contribution in [2.45, 2.75) is 71.4 Å². The van der Waals surface area contributed by atoms with Crippen LogP contribution in [0.5, 0.6) is 0 Å². The van der Waals surface area contributed by atoms with Crippen LogP contribution in [0.3, 0.4) is 0 Å². The van der Waals surface area contributed by atoms with E-state index in [-0.39, 0.29) is 0 Å². The van der Waals surface area contributed by atoms with Crippen LogP contribution >= 0.6 is 0 Å². The maximum atomic E-state index is 2.54. The van der Waals surface area contributed by atoms with Crippen LogP contribution in [0.1, 0.15) is 64.4 Å². The SMILES string of the molecule is CCCCCCCCCN1C=CN(CC)C1Cc1ccccc1. The quantitative estimate of drug-likeness (QED) is 0.504. The number of benzene rings is 1. The highest BCUT2D eigenvalue weighted by atomic mass is 15.4. The summed E-state index contributed by atoms with van der Waals surface area (Å²) < 4.78 is 0. The molecule has 0 aliphatic carbocycles. The Morgan fingerprint density at radius 3 is 2.13 bits per heavy atom. The predicted molar refractivity (Wildman–Crippen MR) is 100 cm³/mol. The van der Waals surface area contributed by atoms with Crippen LogP contribution in [0, 0.1) is 0 Å². The minimum absolute atomic E-state index is 0.502. The van der Waals surface area contributed by atoms with Gasteiger partial charge in [0.25, 0.3) is 0 Å². The molecule has 1 aromatic rings. The third-order valence-corrected chi connectivity index (χ3v) is 4.86. The highest BCUT2D eigenvalue weighted by Gasteiger charge is 2.24. The molecule has 2 rings (SSSR count). The third-order valence-electron chi connectivity index (χ3n) is 4.86. The van der Waals surface area contributed by atoms with Crippen LogP contribution in [-0.4, -0.2) is 29.1 Å². The fraction of sp³-hybridized carbons (Fsp3) is 0.619. The molecular formula is C21H34N2. The van der Waals surface area contributed by atoms with Gasteiger partial charge in [-0.25, -0.2) is 0 Å². The average molecular weight is 315 g/mol. The lowest BCUT2D eigenvalue weighted by Crippen LogP contribution is -2.40. The van der Waals surface area contributed by atoms with E-state index in [1.807, 2.05) is 0 Å². The van der Waals surface area contributed by atoms with Gasteiger partial charge >= 0.3 is 0 Å². The van der Waals surface area contributed by atoms with Crippen LogP contribution in [0.4, 0.5) is 0 Å². The summed E-state index contributed by atoms with van der Waals surface area (Å²) in [6, 6.07) is 10.9. The van der Waals surface area contributed by atoms with Crippen molar-refractivity contribution in [2.24, 2.45) is 0 Å². The first-order valence-corrected chi connectivity index (χ1v) is 9.59. The molecule has 1 unspecified atom stereocenters. The van der Waals surface area contributed by atoms with Crippen LogP contribution < -0.4 is 0 Å². The number of nitrogens with zero attached hydrogens (tertiary/aromatic N) is 2. The lowest BCUT2D eigenvalue weighted by atomic mass is 10.1. The molecule has 0 spiro atoms. The second-order valence-electron chi connectivity index (χ2n) is 6.66. The standard InChI is InChI=1S/C21H34N2/c1-3-5-6-7-8-9-13-16-23-18-17-22(4-2)21(23)19-20-14-11-10-12-15-20/h10-12,14-15,17-18,21H,3-9,13,16,19H2,1-2H3. The van der Waals surface area contributed by atoms with Crippen molar-refractivity contribution in [3.8, 4) is 0 Å². The average Bonchev–Trinajstić information content (AvgIpc) is 2.97. The van der Waals surface area contributed by atoms with Gasteiger partial charge in [0.2, 0.25) is 0 Å². The molecule has 128 valence electrons. The molecule has 0 N–H and O–H groups in total. The predicted octanol–water partition coefficient (Wildman–Crippen LogP) is 5.41. The van der Waals surface area contributed by atoms with Crippen molar-refractivity contribution in [3.05, 3.63) is 48.3 Å². The maximum absolute atomic E-state index is 2.54. The molecule has 0 fully saturated rings. The molecule has 1 aliphatic heterocycles. The van der Waals surface area contributed by atoms with Crippen LogP contribution in [-0.2, 0) is 6.42 Å². The highest BCUT2D eigenvalue weighted by molar-refractivity contribution is 5.17. The number of likely N-dealkylation sites (N-methyl/N-ethyl adjacent to an activating group) is 1. The van der Waals surface area contributed by atoms with E-state index in [1.165, 1.54) is 57.1 Å². The van der Waals surface area contributed by atoms with Gasteiger partial charge in [-0.1, -0.05) is 75.8 Å². The fourth-order valence-electron chi connectivity index (χ4n) is 3.41. The van der Waals surface area contributed by atoms with E-state index >= 15 is 0 Å². The van der Waals surface area contributed by atoms with Crippen molar-refractivity contribution >= 4 is 0 Å². The molecule has 2 nitrogen and oxygen atoms in total. The Balaban J connectivity index is 1.74. The van der Waals surface area contributed by atoms with Crippen molar-refractivity contribution in [1.82, 2.24) is 9.80 Å². The molecule has 23 heavy (non-hydrogen) atoms. The zero-order valence-electron chi connectivity index (χ0n) is 15.1. The Morgan fingerprint density at radius 1 is 0.783 bits per heavy atom. The van der Waals surface area contributed by atoms with Gasteiger partial charge in [0, 0.05) is 31.9 Å². The minimum Gasteiger partial charge on any atom is -0.356 e. The Bertz CT molecular complexity index is 440. The van der Waals surface area contributed by atoms with Crippen molar-refractivity contribution in [2.75, 3.05) is 13.1 Å². The lowest BCUT2D eigenvalue weighted by molar-refractivity contribution is 0.155. The zero-order valence-corrected chi connectivity index (χ0v) is 15.1. The van der Waals surface area contributed by atoms with Crippen LogP contribution in [0.2, 0.25) is 0 Å². The van der Waals surface area contributed by atoms with Gasteiger partial charge in [-0.15, -0.1) is 0 Å². The summed E-state index contributed by atoms with van der Waals surface area (Å²) in [6.45, 7) is 6.81. The molecule has 0 saturated heterocycles. The molecule has 0 amide bonds. The molecule has 0 aromatic heterocycles. The van der Waals surface area contributed by atoms with Gasteiger partial charge in [-0.05, 0) is 18.9 Å². The van der Waals surface area contributed by atoms with Crippen molar-refractivity contribution in [3.63, 3.8) is 0 Å². The van der Waals surface area contributed by atoms with E-state index in [2.05, 4.69) is 66.4 Å². The first kappa shape index (κ1) is 17.9. The molecule has 1 aliphatic rings. The normalized spacial score (nSPS) is 17.2. The van der Waals surface area contributed by atoms with Crippen molar-refractivity contribution < 1.29 is 0 Å². The van der Waals surface area contributed by atoms with Gasteiger partial charge in [0.1, 0.15) is 6.17 Å². The van der Waals surface area contributed by atoms with E-state index < -0.39 is 0 Å². The van der Waals surface area contributed by atoms with E-state index in [9.17, 15) is 0 Å². The summed E-state index contributed by atoms with van der Waals surface area (Å²) in [5, 5.41) is 0.